The summed E-state index contributed by atoms with van der Waals surface area (Å²) in [6.45, 7) is 9.50. The number of anilines is 1. The number of carbonyl (C=O) groups is 2. The Kier molecular flexibility index (Phi) is 6.17. The number of benzene rings is 1. The zero-order chi connectivity index (χ0) is 29.2. The van der Waals surface area contributed by atoms with E-state index in [9.17, 15) is 14.7 Å². The second-order valence-corrected chi connectivity index (χ2v) is 11.2. The lowest BCUT2D eigenvalue weighted by atomic mass is 10.0. The number of likely N-dealkylation sites (tertiary alicyclic amines) is 1. The molecule has 216 valence electrons. The number of aliphatic hydroxyl groups excluding tert-OH is 1. The first kappa shape index (κ1) is 26.4. The topological polar surface area (TPSA) is 130 Å². The van der Waals surface area contributed by atoms with Crippen molar-refractivity contribution in [3.8, 4) is 11.1 Å². The largest absolute Gasteiger partial charge is 0.442 e. The summed E-state index contributed by atoms with van der Waals surface area (Å²) >= 11 is 0. The van der Waals surface area contributed by atoms with Crippen molar-refractivity contribution in [3.63, 3.8) is 0 Å². The molecule has 0 spiro atoms. The maximum atomic E-state index is 15.3. The number of nitrogens with one attached hydrogen (secondary N) is 1. The van der Waals surface area contributed by atoms with Crippen LogP contribution >= 0.6 is 0 Å². The van der Waals surface area contributed by atoms with Crippen LogP contribution in [-0.2, 0) is 21.6 Å². The molecule has 1 unspecified atom stereocenters. The fraction of sp³-hybridized carbons (Fsp3) is 0.429. The smallest absolute Gasteiger partial charge is 0.414 e. The van der Waals surface area contributed by atoms with Crippen LogP contribution in [0.15, 0.2) is 42.9 Å². The Morgan fingerprint density at radius 3 is 2.57 bits per heavy atom. The minimum Gasteiger partial charge on any atom is -0.442 e. The van der Waals surface area contributed by atoms with Crippen molar-refractivity contribution in [3.05, 3.63) is 71.6 Å². The number of nitrogens with zero attached hydrogens (tertiary/aromatic N) is 7. The zero-order valence-electron chi connectivity index (χ0n) is 22.2. The molecule has 3 aliphatic heterocycles. The molecule has 3 aromatic rings. The Balaban J connectivity index is 1.05. The number of halogens is 2. The number of carbonyl (C=O) groups excluding carboxylic acids is 2. The van der Waals surface area contributed by atoms with Crippen LogP contribution in [0, 0.1) is 30.0 Å². The van der Waals surface area contributed by atoms with Crippen molar-refractivity contribution >= 4 is 17.7 Å². The van der Waals surface area contributed by atoms with Gasteiger partial charge in [-0.2, -0.15) is 0 Å². The molecule has 14 heteroatoms. The number of hydrogen-bond donors (Lipinski definition) is 2. The van der Waals surface area contributed by atoms with Crippen molar-refractivity contribution in [1.29, 1.82) is 0 Å². The van der Waals surface area contributed by atoms with Gasteiger partial charge in [-0.15, -0.1) is 5.10 Å². The van der Waals surface area contributed by atoms with Crippen molar-refractivity contribution in [2.75, 3.05) is 31.1 Å². The molecular weight excluding hydrogens is 550 g/mol. The van der Waals surface area contributed by atoms with E-state index in [0.717, 1.165) is 12.1 Å². The normalized spacial score (nSPS) is 29.9. The van der Waals surface area contributed by atoms with Gasteiger partial charge in [-0.05, 0) is 24.6 Å². The van der Waals surface area contributed by atoms with Crippen LogP contribution in [0.25, 0.3) is 16.0 Å². The highest BCUT2D eigenvalue weighted by Gasteiger charge is 2.78. The summed E-state index contributed by atoms with van der Waals surface area (Å²) in [6, 6.07) is 4.91. The number of amides is 2. The summed E-state index contributed by atoms with van der Waals surface area (Å²) < 4.78 is 37.4. The highest BCUT2D eigenvalue weighted by Crippen LogP contribution is 2.64. The van der Waals surface area contributed by atoms with Gasteiger partial charge in [0.15, 0.2) is 0 Å². The summed E-state index contributed by atoms with van der Waals surface area (Å²) in [5.41, 5.74) is -0.433. The molecule has 42 heavy (non-hydrogen) atoms. The van der Waals surface area contributed by atoms with Gasteiger partial charge in [0.1, 0.15) is 23.4 Å². The molecule has 1 aliphatic carbocycles. The summed E-state index contributed by atoms with van der Waals surface area (Å²) in [5.74, 6) is -1.96. The average molecular weight is 577 g/mol. The Hall–Kier alpha value is -4.48. The lowest BCUT2D eigenvalue weighted by molar-refractivity contribution is -0.132. The van der Waals surface area contributed by atoms with Gasteiger partial charge in [0, 0.05) is 37.6 Å². The first-order valence-corrected chi connectivity index (χ1v) is 13.7. The van der Waals surface area contributed by atoms with Gasteiger partial charge in [-0.25, -0.2) is 24.8 Å². The van der Waals surface area contributed by atoms with Gasteiger partial charge >= 0.3 is 6.09 Å². The minimum atomic E-state index is -0.877. The van der Waals surface area contributed by atoms with E-state index in [-0.39, 0.29) is 47.6 Å². The maximum absolute atomic E-state index is 15.3. The third kappa shape index (κ3) is 4.19. The Labute approximate surface area is 238 Å². The molecule has 3 saturated heterocycles. The number of aromatic nitrogens is 4. The SMILES string of the molecule is [C-]#[N+]C1(c2ccc(-c3c(F)cc(N4C[C@H](Cn5ccnn5)OC4=O)cc3F)cn2)[C@@H]2CN(C(=O)[C@@H]3C[C@@H](O)CN3)C[C@@H]21. The molecule has 1 aromatic carbocycles. The molecule has 1 saturated carbocycles. The lowest BCUT2D eigenvalue weighted by Crippen LogP contribution is -2.44. The van der Waals surface area contributed by atoms with Gasteiger partial charge in [0.05, 0.1) is 54.5 Å². The number of rotatable bonds is 6. The number of cyclic esters (lactones) is 1. The molecular formula is C28H26F2N8O4. The number of hydrogen-bond acceptors (Lipinski definition) is 8. The first-order chi connectivity index (χ1) is 20.3. The second kappa shape index (κ2) is 9.81. The zero-order valence-corrected chi connectivity index (χ0v) is 22.2. The monoisotopic (exact) mass is 576 g/mol. The molecule has 12 nitrogen and oxygen atoms in total. The number of fused-ring (bicyclic) bond motifs is 1. The van der Waals surface area contributed by atoms with Gasteiger partial charge in [-0.3, -0.25) is 14.7 Å². The number of aliphatic hydroxyl groups is 1. The molecule has 2 amide bonds. The van der Waals surface area contributed by atoms with E-state index in [1.807, 2.05) is 0 Å². The molecule has 4 fully saturated rings. The first-order valence-electron chi connectivity index (χ1n) is 13.7. The predicted octanol–water partition coefficient (Wildman–Crippen LogP) is 1.57. The van der Waals surface area contributed by atoms with Crippen molar-refractivity contribution < 1.29 is 28.2 Å². The van der Waals surface area contributed by atoms with E-state index in [4.69, 9.17) is 11.3 Å². The van der Waals surface area contributed by atoms with Gasteiger partial charge in [0.2, 0.25) is 5.91 Å². The van der Waals surface area contributed by atoms with Crippen LogP contribution in [-0.4, -0.2) is 86.4 Å². The third-order valence-corrected chi connectivity index (χ3v) is 8.78. The summed E-state index contributed by atoms with van der Waals surface area (Å²) in [7, 11) is 0. The van der Waals surface area contributed by atoms with E-state index >= 15 is 8.78 Å². The summed E-state index contributed by atoms with van der Waals surface area (Å²) in [4.78, 5) is 36.5. The van der Waals surface area contributed by atoms with Crippen molar-refractivity contribution in [1.82, 2.24) is 30.2 Å². The van der Waals surface area contributed by atoms with E-state index in [0.29, 0.717) is 31.7 Å². The highest BCUT2D eigenvalue weighted by molar-refractivity contribution is 5.90. The third-order valence-electron chi connectivity index (χ3n) is 8.78. The van der Waals surface area contributed by atoms with Crippen LogP contribution in [0.3, 0.4) is 0 Å². The molecule has 2 N–H and O–H groups in total. The van der Waals surface area contributed by atoms with Crippen LogP contribution in [0.1, 0.15) is 12.1 Å². The van der Waals surface area contributed by atoms with Gasteiger partial charge < -0.3 is 24.9 Å². The predicted molar refractivity (Wildman–Crippen MR) is 141 cm³/mol. The lowest BCUT2D eigenvalue weighted by Gasteiger charge is -2.24. The van der Waals surface area contributed by atoms with Gasteiger partial charge in [-0.1, -0.05) is 11.3 Å². The van der Waals surface area contributed by atoms with Crippen molar-refractivity contribution in [2.45, 2.75) is 36.8 Å². The molecule has 7 rings (SSSR count). The van der Waals surface area contributed by atoms with Gasteiger partial charge in [0.25, 0.3) is 5.54 Å². The second-order valence-electron chi connectivity index (χ2n) is 11.2. The van der Waals surface area contributed by atoms with Crippen LogP contribution in [0.2, 0.25) is 0 Å². The van der Waals surface area contributed by atoms with Crippen LogP contribution in [0.5, 0.6) is 0 Å². The maximum Gasteiger partial charge on any atom is 0.414 e. The molecule has 2 aromatic heterocycles. The number of ether oxygens (including phenoxy) is 1. The van der Waals surface area contributed by atoms with E-state index in [1.54, 1.807) is 17.2 Å². The average Bonchev–Trinajstić information content (AvgIpc) is 3.62. The van der Waals surface area contributed by atoms with Crippen LogP contribution in [0.4, 0.5) is 19.3 Å². The summed E-state index contributed by atoms with van der Waals surface area (Å²) in [6.07, 6.45) is 3.04. The van der Waals surface area contributed by atoms with Crippen molar-refractivity contribution in [2.24, 2.45) is 11.8 Å². The number of piperidine rings is 1. The quantitative estimate of drug-likeness (QED) is 0.423. The van der Waals surface area contributed by atoms with E-state index < -0.39 is 41.5 Å². The highest BCUT2D eigenvalue weighted by atomic mass is 19.1. The molecule has 0 bridgehead atoms. The van der Waals surface area contributed by atoms with Crippen LogP contribution < -0.4 is 10.2 Å². The summed E-state index contributed by atoms with van der Waals surface area (Å²) in [5, 5.41) is 20.3. The molecule has 0 radical (unpaired) electrons. The Morgan fingerprint density at radius 1 is 1.21 bits per heavy atom. The molecule has 4 aliphatic rings. The minimum absolute atomic E-state index is 0.0311. The fourth-order valence-electron chi connectivity index (χ4n) is 6.65. The molecule has 6 atom stereocenters. The number of β-amino-alcohol motifs (C(OH)–C–C–N with tert-alkyl or cyclic N) is 1. The fourth-order valence-corrected chi connectivity index (χ4v) is 6.65. The Morgan fingerprint density at radius 2 is 1.98 bits per heavy atom. The van der Waals surface area contributed by atoms with E-state index in [2.05, 4.69) is 25.5 Å². The molecule has 5 heterocycles. The number of pyridine rings is 1. The standard InChI is InChI=1S/C28H26F2N8O4/c1-31-28(19-13-36(14-20(19)28)26(40)23-8-17(39)10-32-23)24-3-2-15(9-33-24)25-21(29)6-16(7-22(25)30)38-12-18(42-27(38)41)11-37-5-4-34-35-37/h2-7,9,17-20,23,32,39H,8,10-14H2/t17-,18+,19-,20+,23+,28?/m1/s1. The van der Waals surface area contributed by atoms with E-state index in [1.165, 1.54) is 28.0 Å². The Bertz CT molecular complexity index is 1560.